The van der Waals surface area contributed by atoms with Gasteiger partial charge in [0.05, 0.1) is 0 Å². The number of pyridine rings is 1. The van der Waals surface area contributed by atoms with E-state index in [1.807, 2.05) is 6.92 Å². The molecule has 1 aliphatic rings. The number of anilines is 1. The van der Waals surface area contributed by atoms with E-state index in [1.54, 1.807) is 16.4 Å². The van der Waals surface area contributed by atoms with Crippen molar-refractivity contribution in [2.75, 3.05) is 18.4 Å². The Labute approximate surface area is 121 Å². The summed E-state index contributed by atoms with van der Waals surface area (Å²) < 4.78 is 26.8. The Bertz CT molecular complexity index is 524. The van der Waals surface area contributed by atoms with E-state index >= 15 is 0 Å². The van der Waals surface area contributed by atoms with E-state index in [0.29, 0.717) is 11.4 Å². The highest BCUT2D eigenvalue weighted by atomic mass is 32.2. The first-order chi connectivity index (χ1) is 9.59. The summed E-state index contributed by atoms with van der Waals surface area (Å²) in [5.74, 6) is 0.722. The monoisotopic (exact) mass is 297 g/mol. The highest BCUT2D eigenvalue weighted by Gasteiger charge is 2.37. The first-order valence-corrected chi connectivity index (χ1v) is 8.75. The van der Waals surface area contributed by atoms with Crippen LogP contribution in [0.1, 0.15) is 39.5 Å². The Morgan fingerprint density at radius 3 is 2.55 bits per heavy atom. The molecular weight excluding hydrogens is 274 g/mol. The molecule has 0 bridgehead atoms. The van der Waals surface area contributed by atoms with Gasteiger partial charge in [0.15, 0.2) is 0 Å². The van der Waals surface area contributed by atoms with Gasteiger partial charge < -0.3 is 5.32 Å². The summed E-state index contributed by atoms with van der Waals surface area (Å²) >= 11 is 0. The van der Waals surface area contributed by atoms with Gasteiger partial charge in [0.25, 0.3) is 0 Å². The van der Waals surface area contributed by atoms with Gasteiger partial charge in [0.1, 0.15) is 10.7 Å². The summed E-state index contributed by atoms with van der Waals surface area (Å²) in [7, 11) is -3.39. The fourth-order valence-electron chi connectivity index (χ4n) is 2.11. The van der Waals surface area contributed by atoms with E-state index in [9.17, 15) is 8.42 Å². The highest BCUT2D eigenvalue weighted by Crippen LogP contribution is 2.32. The van der Waals surface area contributed by atoms with Crippen LogP contribution in [0.3, 0.4) is 0 Å². The fraction of sp³-hybridized carbons (Fsp3) is 0.643. The Morgan fingerprint density at radius 1 is 1.30 bits per heavy atom. The molecular formula is C14H23N3O2S. The first kappa shape index (κ1) is 15.3. The molecule has 0 saturated heterocycles. The molecule has 20 heavy (non-hydrogen) atoms. The summed E-state index contributed by atoms with van der Waals surface area (Å²) in [4.78, 5) is 4.48. The van der Waals surface area contributed by atoms with Gasteiger partial charge in [-0.3, -0.25) is 0 Å². The molecule has 0 aliphatic heterocycles. The van der Waals surface area contributed by atoms with Crippen LogP contribution in [0.2, 0.25) is 0 Å². The lowest BCUT2D eigenvalue weighted by Gasteiger charge is -2.21. The standard InChI is InChI=1S/C14H23N3O2S/c1-3-9-15-14-8-7-13(11-16-14)20(18,19)17(10-4-2)12-5-6-12/h7-8,11-12H,3-6,9-10H2,1-2H3,(H,15,16). The minimum absolute atomic E-state index is 0.192. The maximum absolute atomic E-state index is 12.6. The van der Waals surface area contributed by atoms with Crippen LogP contribution in [-0.4, -0.2) is 36.8 Å². The molecule has 0 amide bonds. The van der Waals surface area contributed by atoms with Gasteiger partial charge in [-0.1, -0.05) is 13.8 Å². The van der Waals surface area contributed by atoms with Crippen LogP contribution < -0.4 is 5.32 Å². The number of aromatic nitrogens is 1. The molecule has 1 aromatic heterocycles. The summed E-state index contributed by atoms with van der Waals surface area (Å²) in [6, 6.07) is 3.57. The molecule has 1 N–H and O–H groups in total. The Balaban J connectivity index is 2.15. The number of rotatable bonds is 8. The lowest BCUT2D eigenvalue weighted by molar-refractivity contribution is 0.403. The third-order valence-electron chi connectivity index (χ3n) is 3.30. The zero-order chi connectivity index (χ0) is 14.6. The van der Waals surface area contributed by atoms with E-state index in [-0.39, 0.29) is 6.04 Å². The zero-order valence-corrected chi connectivity index (χ0v) is 13.0. The zero-order valence-electron chi connectivity index (χ0n) is 12.2. The van der Waals surface area contributed by atoms with Crippen molar-refractivity contribution in [3.63, 3.8) is 0 Å². The van der Waals surface area contributed by atoms with Gasteiger partial charge in [-0.05, 0) is 37.8 Å². The number of nitrogens with zero attached hydrogens (tertiary/aromatic N) is 2. The summed E-state index contributed by atoms with van der Waals surface area (Å²) in [6.07, 6.45) is 5.25. The van der Waals surface area contributed by atoms with Crippen molar-refractivity contribution in [1.82, 2.24) is 9.29 Å². The van der Waals surface area contributed by atoms with Crippen LogP contribution in [0.15, 0.2) is 23.2 Å². The molecule has 6 heteroatoms. The van der Waals surface area contributed by atoms with Gasteiger partial charge in [0, 0.05) is 25.3 Å². The molecule has 1 fully saturated rings. The van der Waals surface area contributed by atoms with Crippen LogP contribution in [0.25, 0.3) is 0 Å². The minimum Gasteiger partial charge on any atom is -0.370 e. The minimum atomic E-state index is -3.39. The van der Waals surface area contributed by atoms with Crippen LogP contribution in [-0.2, 0) is 10.0 Å². The fourth-order valence-corrected chi connectivity index (χ4v) is 3.83. The lowest BCUT2D eigenvalue weighted by atomic mass is 10.4. The maximum atomic E-state index is 12.6. The average Bonchev–Trinajstić information content (AvgIpc) is 3.27. The third kappa shape index (κ3) is 3.49. The molecule has 0 radical (unpaired) electrons. The normalized spacial score (nSPS) is 15.6. The van der Waals surface area contributed by atoms with E-state index < -0.39 is 10.0 Å². The molecule has 1 aliphatic carbocycles. The molecule has 1 saturated carbocycles. The molecule has 5 nitrogen and oxygen atoms in total. The topological polar surface area (TPSA) is 62.3 Å². The predicted molar refractivity (Wildman–Crippen MR) is 80.2 cm³/mol. The van der Waals surface area contributed by atoms with Crippen molar-refractivity contribution >= 4 is 15.8 Å². The molecule has 0 spiro atoms. The van der Waals surface area contributed by atoms with Crippen LogP contribution >= 0.6 is 0 Å². The lowest BCUT2D eigenvalue weighted by Crippen LogP contribution is -2.33. The van der Waals surface area contributed by atoms with Crippen molar-refractivity contribution in [3.05, 3.63) is 18.3 Å². The van der Waals surface area contributed by atoms with Crippen LogP contribution in [0.4, 0.5) is 5.82 Å². The van der Waals surface area contributed by atoms with Crippen molar-refractivity contribution in [2.45, 2.75) is 50.5 Å². The van der Waals surface area contributed by atoms with E-state index in [4.69, 9.17) is 0 Å². The summed E-state index contributed by atoms with van der Waals surface area (Å²) in [5, 5.41) is 3.14. The van der Waals surface area contributed by atoms with Gasteiger partial charge in [0.2, 0.25) is 10.0 Å². The second kappa shape index (κ2) is 6.54. The van der Waals surface area contributed by atoms with Gasteiger partial charge in [-0.2, -0.15) is 4.31 Å². The number of hydrogen-bond acceptors (Lipinski definition) is 4. The van der Waals surface area contributed by atoms with Crippen molar-refractivity contribution in [2.24, 2.45) is 0 Å². The predicted octanol–water partition coefficient (Wildman–Crippen LogP) is 2.47. The van der Waals surface area contributed by atoms with Crippen molar-refractivity contribution in [3.8, 4) is 0 Å². The Kier molecular flexibility index (Phi) is 4.99. The number of sulfonamides is 1. The maximum Gasteiger partial charge on any atom is 0.244 e. The Hall–Kier alpha value is -1.14. The second-order valence-corrected chi connectivity index (χ2v) is 7.04. The van der Waals surface area contributed by atoms with Gasteiger partial charge >= 0.3 is 0 Å². The van der Waals surface area contributed by atoms with Crippen LogP contribution in [0, 0.1) is 0 Å². The van der Waals surface area contributed by atoms with E-state index in [1.165, 1.54) is 6.20 Å². The Morgan fingerprint density at radius 2 is 2.05 bits per heavy atom. The van der Waals surface area contributed by atoms with E-state index in [2.05, 4.69) is 17.2 Å². The third-order valence-corrected chi connectivity index (χ3v) is 5.23. The first-order valence-electron chi connectivity index (χ1n) is 7.31. The SMILES string of the molecule is CCCNc1ccc(S(=O)(=O)N(CCC)C2CC2)cn1. The molecule has 1 aromatic rings. The molecule has 0 aromatic carbocycles. The smallest absolute Gasteiger partial charge is 0.244 e. The largest absolute Gasteiger partial charge is 0.370 e. The quantitative estimate of drug-likeness (QED) is 0.800. The van der Waals surface area contributed by atoms with Crippen LogP contribution in [0.5, 0.6) is 0 Å². The van der Waals surface area contributed by atoms with Gasteiger partial charge in [-0.15, -0.1) is 0 Å². The average molecular weight is 297 g/mol. The summed E-state index contributed by atoms with van der Waals surface area (Å²) in [6.45, 7) is 5.50. The number of nitrogens with one attached hydrogen (secondary N) is 1. The van der Waals surface area contributed by atoms with Crippen molar-refractivity contribution in [1.29, 1.82) is 0 Å². The molecule has 112 valence electrons. The molecule has 0 unspecified atom stereocenters. The van der Waals surface area contributed by atoms with E-state index in [0.717, 1.165) is 38.0 Å². The molecule has 1 heterocycles. The highest BCUT2D eigenvalue weighted by molar-refractivity contribution is 7.89. The number of hydrogen-bond donors (Lipinski definition) is 1. The van der Waals surface area contributed by atoms with Gasteiger partial charge in [-0.25, -0.2) is 13.4 Å². The second-order valence-electron chi connectivity index (χ2n) is 5.15. The molecule has 0 atom stereocenters. The van der Waals surface area contributed by atoms with Crippen molar-refractivity contribution < 1.29 is 8.42 Å². The molecule has 2 rings (SSSR count). The summed E-state index contributed by atoms with van der Waals surface area (Å²) in [5.41, 5.74) is 0.